The number of carbonyl (C=O) groups is 6. The number of aliphatic imine (C=N–C) groups is 1. The predicted molar refractivity (Wildman–Crippen MR) is 228 cm³/mol. The second-order valence-corrected chi connectivity index (χ2v) is 14.6. The Kier molecular flexibility index (Phi) is 22.5. The third-order valence-electron chi connectivity index (χ3n) is 9.64. The maximum absolute atomic E-state index is 12.7. The van der Waals surface area contributed by atoms with Crippen LogP contribution in [0.25, 0.3) is 10.9 Å². The first kappa shape index (κ1) is 50.0. The summed E-state index contributed by atoms with van der Waals surface area (Å²) in [5, 5.41) is 1.06. The maximum Gasteiger partial charge on any atom is 0.352 e. The van der Waals surface area contributed by atoms with E-state index in [4.69, 9.17) is 33.4 Å². The summed E-state index contributed by atoms with van der Waals surface area (Å²) in [6.45, 7) is 8.01. The first-order valence-corrected chi connectivity index (χ1v) is 20.5. The molecule has 334 valence electrons. The molecule has 1 aromatic heterocycles. The molecule has 0 saturated heterocycles. The molecule has 0 spiro atoms. The maximum atomic E-state index is 12.7. The Morgan fingerprint density at radius 2 is 1.75 bits per heavy atom. The molecule has 1 aromatic carbocycles. The minimum atomic E-state index is -1.26. The van der Waals surface area contributed by atoms with Crippen LogP contribution in [0.4, 0.5) is 0 Å². The Balaban J connectivity index is 0.000000361. The van der Waals surface area contributed by atoms with Crippen LogP contribution in [-0.4, -0.2) is 157 Å². The first-order valence-electron chi connectivity index (χ1n) is 20.5. The monoisotopic (exact) mass is 851 g/mol. The van der Waals surface area contributed by atoms with Gasteiger partial charge in [-0.15, -0.1) is 0 Å². The van der Waals surface area contributed by atoms with E-state index in [1.807, 2.05) is 19.2 Å². The summed E-state index contributed by atoms with van der Waals surface area (Å²) in [6, 6.07) is 3.72. The quantitative estimate of drug-likeness (QED) is 0.0517. The van der Waals surface area contributed by atoms with Crippen molar-refractivity contribution in [1.29, 1.82) is 0 Å². The summed E-state index contributed by atoms with van der Waals surface area (Å²) in [6.07, 6.45) is 11.2. The van der Waals surface area contributed by atoms with Crippen molar-refractivity contribution in [2.24, 2.45) is 4.99 Å². The number of cyclic esters (lactones) is 1. The van der Waals surface area contributed by atoms with E-state index >= 15 is 0 Å². The summed E-state index contributed by atoms with van der Waals surface area (Å²) in [4.78, 5) is 81.4. The average Bonchev–Trinajstić information content (AvgIpc) is 3.83. The lowest BCUT2D eigenvalue weighted by molar-refractivity contribution is -0.166. The molecule has 4 heterocycles. The number of amides is 1. The van der Waals surface area contributed by atoms with E-state index in [0.29, 0.717) is 82.1 Å². The van der Waals surface area contributed by atoms with Crippen molar-refractivity contribution in [1.82, 2.24) is 19.7 Å². The fraction of sp³-hybridized carbons (Fsp3) is 0.545. The van der Waals surface area contributed by atoms with Gasteiger partial charge in [0, 0.05) is 49.8 Å². The predicted octanol–water partition coefficient (Wildman–Crippen LogP) is 3.63. The second-order valence-electron chi connectivity index (χ2n) is 14.6. The molecule has 17 nitrogen and oxygen atoms in total. The van der Waals surface area contributed by atoms with Gasteiger partial charge in [0.05, 0.1) is 56.8 Å². The summed E-state index contributed by atoms with van der Waals surface area (Å²) >= 11 is 0. The van der Waals surface area contributed by atoms with Gasteiger partial charge >= 0.3 is 11.9 Å². The Morgan fingerprint density at radius 1 is 1.02 bits per heavy atom. The minimum Gasteiger partial charge on any atom is -0.458 e. The zero-order chi connectivity index (χ0) is 44.6. The Morgan fingerprint density at radius 3 is 2.39 bits per heavy atom. The van der Waals surface area contributed by atoms with E-state index in [-0.39, 0.29) is 26.0 Å². The number of aromatic nitrogens is 1. The number of fused-ring (bicyclic) bond motifs is 3. The lowest BCUT2D eigenvalue weighted by Crippen LogP contribution is -2.39. The number of nitrogens with zero attached hydrogens (tertiary/aromatic N) is 5. The third-order valence-corrected chi connectivity index (χ3v) is 9.64. The van der Waals surface area contributed by atoms with Gasteiger partial charge in [0.15, 0.2) is 11.5 Å². The van der Waals surface area contributed by atoms with Crippen LogP contribution in [-0.2, 0) is 60.7 Å². The Bertz CT molecular complexity index is 1860. The van der Waals surface area contributed by atoms with Crippen molar-refractivity contribution >= 4 is 54.3 Å². The van der Waals surface area contributed by atoms with Crippen LogP contribution in [0.2, 0.25) is 0 Å². The Labute approximate surface area is 358 Å². The molecule has 2 aromatic rings. The van der Waals surface area contributed by atoms with Crippen LogP contribution in [0.5, 0.6) is 11.5 Å². The number of ether oxygens (including phenoxy) is 6. The largest absolute Gasteiger partial charge is 0.458 e. The van der Waals surface area contributed by atoms with Gasteiger partial charge in [0.25, 0.3) is 0 Å². The number of esters is 2. The lowest BCUT2D eigenvalue weighted by Gasteiger charge is -2.29. The number of carbonyl (C=O) groups excluding carboxylic acids is 6. The standard InChI is InChI=1S/C28H33N3O7.C12H22N2O4.C4H6O/c1-5-6-7-17-19-9-23-24(37-15-36-23)10-21(19)29-26-20(17)11-31(4)22(26)8-18-16(13-32)14-35-28(34)27(18)38-25(33)12-30(2)3;1-14(12-16)6-2-4-13-5-9-18-11-10-17-8-3-7-15;1-2-3-4-5/h9-10,13,22,27H,5-8,11-12,14-15H2,1-4H3;4,7,12H,2-3,5-6,8-11H2,1H3;2-4H,1H3/b;;3-2-. The molecule has 1 amide bonds. The molecule has 61 heavy (non-hydrogen) atoms. The van der Waals surface area contributed by atoms with Crippen LogP contribution in [0.1, 0.15) is 68.8 Å². The van der Waals surface area contributed by atoms with Crippen LogP contribution in [0.15, 0.2) is 40.4 Å². The Hall–Kier alpha value is -5.36. The van der Waals surface area contributed by atoms with Crippen LogP contribution in [0.3, 0.4) is 0 Å². The molecule has 2 unspecified atom stereocenters. The highest BCUT2D eigenvalue weighted by Gasteiger charge is 2.40. The van der Waals surface area contributed by atoms with Crippen molar-refractivity contribution < 1.29 is 57.2 Å². The van der Waals surface area contributed by atoms with Crippen molar-refractivity contribution in [2.45, 2.75) is 71.1 Å². The fourth-order valence-corrected chi connectivity index (χ4v) is 6.57. The highest BCUT2D eigenvalue weighted by atomic mass is 16.7. The van der Waals surface area contributed by atoms with Gasteiger partial charge in [-0.3, -0.25) is 39.0 Å². The molecule has 0 fully saturated rings. The average molecular weight is 852 g/mol. The number of pyridine rings is 1. The van der Waals surface area contributed by atoms with Crippen molar-refractivity contribution in [2.75, 3.05) is 87.7 Å². The van der Waals surface area contributed by atoms with E-state index in [2.05, 4.69) is 16.8 Å². The number of allylic oxidation sites excluding steroid dienone is 2. The summed E-state index contributed by atoms with van der Waals surface area (Å²) < 4.78 is 32.4. The number of aldehydes is 3. The fourth-order valence-electron chi connectivity index (χ4n) is 6.57. The number of hydrogen-bond acceptors (Lipinski definition) is 16. The number of benzene rings is 1. The molecular formula is C44H61N5O12. The van der Waals surface area contributed by atoms with E-state index in [0.717, 1.165) is 72.6 Å². The van der Waals surface area contributed by atoms with Crippen LogP contribution < -0.4 is 9.47 Å². The summed E-state index contributed by atoms with van der Waals surface area (Å²) in [5.41, 5.74) is 4.91. The van der Waals surface area contributed by atoms with Gasteiger partial charge in [-0.25, -0.2) is 4.79 Å². The van der Waals surface area contributed by atoms with E-state index in [1.165, 1.54) is 11.6 Å². The summed E-state index contributed by atoms with van der Waals surface area (Å²) in [5.74, 6) is 0.164. The number of rotatable bonds is 23. The molecule has 0 radical (unpaired) electrons. The van der Waals surface area contributed by atoms with Gasteiger partial charge in [-0.2, -0.15) is 0 Å². The van der Waals surface area contributed by atoms with E-state index in [1.54, 1.807) is 50.2 Å². The molecule has 3 aliphatic heterocycles. The number of hydrogen-bond donors (Lipinski definition) is 0. The topological polar surface area (TPSA) is 193 Å². The SMILES string of the molecule is C/C=C\C=O.CCCCc1c2c(nc3cc4c(cc13)OCO4)C(CC1=C(C=O)COC(=O)C1OC(=O)CN(C)C)N(C)C2.CN(C=O)CCC=NCCOCCOCCC=O. The molecule has 5 rings (SSSR count). The molecular weight excluding hydrogens is 791 g/mol. The smallest absolute Gasteiger partial charge is 0.352 e. The summed E-state index contributed by atoms with van der Waals surface area (Å²) in [7, 11) is 7.20. The number of unbranched alkanes of at least 4 members (excludes halogenated alkanes) is 1. The van der Waals surface area contributed by atoms with Gasteiger partial charge in [0.1, 0.15) is 25.5 Å². The second kappa shape index (κ2) is 27.5. The van der Waals surface area contributed by atoms with Crippen molar-refractivity contribution in [3.63, 3.8) is 0 Å². The van der Waals surface area contributed by atoms with Gasteiger partial charge in [-0.1, -0.05) is 19.4 Å². The molecule has 0 saturated carbocycles. The normalized spacial score (nSPS) is 16.8. The van der Waals surface area contributed by atoms with Crippen LogP contribution >= 0.6 is 0 Å². The lowest BCUT2D eigenvalue weighted by atomic mass is 9.91. The van der Waals surface area contributed by atoms with Gasteiger partial charge in [0.2, 0.25) is 19.3 Å². The van der Waals surface area contributed by atoms with Gasteiger partial charge < -0.3 is 38.1 Å². The zero-order valence-corrected chi connectivity index (χ0v) is 36.3. The highest BCUT2D eigenvalue weighted by molar-refractivity contribution is 5.90. The van der Waals surface area contributed by atoms with E-state index in [9.17, 15) is 28.8 Å². The first-order chi connectivity index (χ1) is 29.5. The van der Waals surface area contributed by atoms with Crippen molar-refractivity contribution in [3.05, 3.63) is 52.3 Å². The number of aryl methyl sites for hydroxylation is 1. The number of likely N-dealkylation sites (N-methyl/N-ethyl adjacent to an activating group) is 1. The zero-order valence-electron chi connectivity index (χ0n) is 36.3. The highest BCUT2D eigenvalue weighted by Crippen LogP contribution is 2.44. The minimum absolute atomic E-state index is 0.00406. The molecule has 0 bridgehead atoms. The molecule has 0 N–H and O–H groups in total. The molecule has 17 heteroatoms. The van der Waals surface area contributed by atoms with Crippen molar-refractivity contribution in [3.8, 4) is 11.5 Å². The van der Waals surface area contributed by atoms with E-state index < -0.39 is 18.0 Å². The molecule has 0 aliphatic carbocycles. The third kappa shape index (κ3) is 15.9. The van der Waals surface area contributed by atoms with Crippen LogP contribution in [0, 0.1) is 0 Å². The molecule has 3 aliphatic rings. The molecule has 2 atom stereocenters. The van der Waals surface area contributed by atoms with Gasteiger partial charge in [-0.05, 0) is 82.6 Å².